The maximum atomic E-state index is 10.2. The second-order valence-electron chi connectivity index (χ2n) is 2.91. The highest BCUT2D eigenvalue weighted by Gasteiger charge is 2.34. The van der Waals surface area contributed by atoms with Crippen molar-refractivity contribution in [3.63, 3.8) is 0 Å². The summed E-state index contributed by atoms with van der Waals surface area (Å²) in [6.45, 7) is 2.95. The van der Waals surface area contributed by atoms with Gasteiger partial charge in [-0.2, -0.15) is 0 Å². The Hall–Kier alpha value is -0.730. The molecule has 2 amide bonds. The largest absolute Gasteiger partial charge is 0.352 e. The first-order valence-electron chi connectivity index (χ1n) is 3.77. The molecular weight excluding hydrogens is 128 g/mol. The Bertz CT molecular complexity index is 136. The van der Waals surface area contributed by atoms with Gasteiger partial charge in [-0.15, -0.1) is 0 Å². The molecule has 3 nitrogen and oxygen atoms in total. The van der Waals surface area contributed by atoms with Crippen LogP contribution in [0.1, 0.15) is 19.8 Å². The van der Waals surface area contributed by atoms with Gasteiger partial charge in [0.2, 0.25) is 0 Å². The van der Waals surface area contributed by atoms with Crippen molar-refractivity contribution in [2.75, 3.05) is 6.54 Å². The van der Waals surface area contributed by atoms with Crippen LogP contribution in [-0.2, 0) is 0 Å². The van der Waals surface area contributed by atoms with E-state index in [1.165, 1.54) is 12.8 Å². The van der Waals surface area contributed by atoms with Gasteiger partial charge in [-0.1, -0.05) is 13.3 Å². The van der Waals surface area contributed by atoms with Crippen molar-refractivity contribution in [1.29, 1.82) is 0 Å². The molecule has 0 saturated heterocycles. The highest BCUT2D eigenvalue weighted by molar-refractivity contribution is 5.71. The maximum absolute atomic E-state index is 10.2. The molecule has 0 heterocycles. The Morgan fingerprint density at radius 1 is 1.70 bits per heavy atom. The quantitative estimate of drug-likeness (QED) is 0.598. The molecule has 58 valence electrons. The van der Waals surface area contributed by atoms with Crippen LogP contribution < -0.4 is 11.1 Å². The van der Waals surface area contributed by atoms with Crippen LogP contribution >= 0.6 is 0 Å². The van der Waals surface area contributed by atoms with Crippen molar-refractivity contribution in [1.82, 2.24) is 5.32 Å². The third-order valence-electron chi connectivity index (χ3n) is 2.13. The predicted molar refractivity (Wildman–Crippen MR) is 39.5 cm³/mol. The first kappa shape index (κ1) is 7.38. The Morgan fingerprint density at radius 3 is 2.80 bits per heavy atom. The molecule has 3 heteroatoms. The normalized spacial score (nSPS) is 29.7. The van der Waals surface area contributed by atoms with E-state index >= 15 is 0 Å². The minimum absolute atomic E-state index is 0.401. The average molecular weight is 142 g/mol. The van der Waals surface area contributed by atoms with Crippen molar-refractivity contribution in [3.05, 3.63) is 0 Å². The number of urea groups is 1. The van der Waals surface area contributed by atoms with Crippen LogP contribution in [0.5, 0.6) is 0 Å². The summed E-state index contributed by atoms with van der Waals surface area (Å²) in [5, 5.41) is 2.61. The number of carbonyl (C=O) groups excluding carboxylic acids is 1. The zero-order valence-electron chi connectivity index (χ0n) is 6.26. The van der Waals surface area contributed by atoms with Gasteiger partial charge < -0.3 is 11.1 Å². The first-order chi connectivity index (χ1) is 4.74. The maximum Gasteiger partial charge on any atom is 0.312 e. The van der Waals surface area contributed by atoms with E-state index in [0.717, 1.165) is 12.5 Å². The topological polar surface area (TPSA) is 55.1 Å². The lowest BCUT2D eigenvalue weighted by molar-refractivity contribution is 0.248. The molecule has 0 aromatic rings. The van der Waals surface area contributed by atoms with Gasteiger partial charge in [0.1, 0.15) is 0 Å². The standard InChI is InChI=1S/C7H14N2O/c1-2-5-3-6(5)4-9-7(8)10/h5-6H,2-4H2,1H3,(H3,8,9,10). The molecule has 0 aromatic heterocycles. The summed E-state index contributed by atoms with van der Waals surface area (Å²) in [5.41, 5.74) is 4.91. The van der Waals surface area contributed by atoms with Crippen LogP contribution in [-0.4, -0.2) is 12.6 Å². The highest BCUT2D eigenvalue weighted by Crippen LogP contribution is 2.40. The molecule has 10 heavy (non-hydrogen) atoms. The smallest absolute Gasteiger partial charge is 0.312 e. The predicted octanol–water partition coefficient (Wildman–Crippen LogP) is 0.701. The van der Waals surface area contributed by atoms with Crippen LogP contribution in [0.25, 0.3) is 0 Å². The van der Waals surface area contributed by atoms with Gasteiger partial charge in [-0.3, -0.25) is 0 Å². The SMILES string of the molecule is CCC1CC1CNC(N)=O. The molecule has 3 N–H and O–H groups in total. The van der Waals surface area contributed by atoms with Crippen molar-refractivity contribution in [2.24, 2.45) is 17.6 Å². The van der Waals surface area contributed by atoms with Crippen LogP contribution in [0.15, 0.2) is 0 Å². The minimum Gasteiger partial charge on any atom is -0.352 e. The summed E-state index contributed by atoms with van der Waals surface area (Å²) in [7, 11) is 0. The fourth-order valence-electron chi connectivity index (χ4n) is 1.29. The van der Waals surface area contributed by atoms with E-state index in [0.29, 0.717) is 5.92 Å². The summed E-state index contributed by atoms with van der Waals surface area (Å²) in [4.78, 5) is 10.2. The Labute approximate surface area is 61.0 Å². The molecule has 1 rings (SSSR count). The zero-order chi connectivity index (χ0) is 7.56. The van der Waals surface area contributed by atoms with Crippen LogP contribution in [0.3, 0.4) is 0 Å². The zero-order valence-corrected chi connectivity index (χ0v) is 6.26. The molecule has 0 radical (unpaired) electrons. The summed E-state index contributed by atoms with van der Waals surface area (Å²) >= 11 is 0. The van der Waals surface area contributed by atoms with Crippen molar-refractivity contribution in [2.45, 2.75) is 19.8 Å². The molecule has 1 aliphatic rings. The van der Waals surface area contributed by atoms with Crippen LogP contribution in [0, 0.1) is 11.8 Å². The summed E-state index contributed by atoms with van der Waals surface area (Å²) in [5.74, 6) is 1.55. The van der Waals surface area contributed by atoms with Gasteiger partial charge in [-0.05, 0) is 18.3 Å². The molecule has 1 fully saturated rings. The molecule has 0 aromatic carbocycles. The second kappa shape index (κ2) is 2.90. The number of rotatable bonds is 3. The van der Waals surface area contributed by atoms with E-state index in [-0.39, 0.29) is 0 Å². The molecule has 0 bridgehead atoms. The molecule has 2 unspecified atom stereocenters. The first-order valence-corrected chi connectivity index (χ1v) is 3.77. The van der Waals surface area contributed by atoms with Crippen molar-refractivity contribution < 1.29 is 4.79 Å². The lowest BCUT2D eigenvalue weighted by Crippen LogP contribution is -2.31. The molecule has 0 aliphatic heterocycles. The molecule has 2 atom stereocenters. The lowest BCUT2D eigenvalue weighted by Gasteiger charge is -1.97. The fourth-order valence-corrected chi connectivity index (χ4v) is 1.29. The number of primary amides is 1. The molecule has 1 saturated carbocycles. The Kier molecular flexibility index (Phi) is 2.14. The van der Waals surface area contributed by atoms with Crippen LogP contribution in [0.2, 0.25) is 0 Å². The number of nitrogens with two attached hydrogens (primary N) is 1. The van der Waals surface area contributed by atoms with E-state index in [4.69, 9.17) is 5.73 Å². The number of hydrogen-bond acceptors (Lipinski definition) is 1. The summed E-state index contributed by atoms with van der Waals surface area (Å²) < 4.78 is 0. The lowest BCUT2D eigenvalue weighted by atomic mass is 10.2. The summed E-state index contributed by atoms with van der Waals surface area (Å²) in [6.07, 6.45) is 2.49. The minimum atomic E-state index is -0.401. The highest BCUT2D eigenvalue weighted by atomic mass is 16.2. The van der Waals surface area contributed by atoms with E-state index in [9.17, 15) is 4.79 Å². The van der Waals surface area contributed by atoms with Gasteiger partial charge in [0.15, 0.2) is 0 Å². The van der Waals surface area contributed by atoms with Gasteiger partial charge in [-0.25, -0.2) is 4.79 Å². The van der Waals surface area contributed by atoms with Gasteiger partial charge >= 0.3 is 6.03 Å². The number of carbonyl (C=O) groups is 1. The van der Waals surface area contributed by atoms with Gasteiger partial charge in [0, 0.05) is 6.54 Å². The van der Waals surface area contributed by atoms with Gasteiger partial charge in [0.25, 0.3) is 0 Å². The Balaban J connectivity index is 2.01. The average Bonchev–Trinajstić information content (AvgIpc) is 2.61. The van der Waals surface area contributed by atoms with E-state index < -0.39 is 6.03 Å². The second-order valence-corrected chi connectivity index (χ2v) is 2.91. The summed E-state index contributed by atoms with van der Waals surface area (Å²) in [6, 6.07) is -0.401. The monoisotopic (exact) mass is 142 g/mol. The molecule has 0 spiro atoms. The molecular formula is C7H14N2O. The molecule has 1 aliphatic carbocycles. The third kappa shape index (κ3) is 1.90. The van der Waals surface area contributed by atoms with Crippen molar-refractivity contribution in [3.8, 4) is 0 Å². The van der Waals surface area contributed by atoms with Crippen molar-refractivity contribution >= 4 is 6.03 Å². The third-order valence-corrected chi connectivity index (χ3v) is 2.13. The number of nitrogens with one attached hydrogen (secondary N) is 1. The van der Waals surface area contributed by atoms with E-state index in [1.807, 2.05) is 0 Å². The van der Waals surface area contributed by atoms with E-state index in [1.54, 1.807) is 0 Å². The number of amides is 2. The van der Waals surface area contributed by atoms with E-state index in [2.05, 4.69) is 12.2 Å². The van der Waals surface area contributed by atoms with Crippen LogP contribution in [0.4, 0.5) is 4.79 Å². The number of hydrogen-bond donors (Lipinski definition) is 2. The Morgan fingerprint density at radius 2 is 2.40 bits per heavy atom. The fraction of sp³-hybridized carbons (Fsp3) is 0.857. The van der Waals surface area contributed by atoms with Gasteiger partial charge in [0.05, 0.1) is 0 Å².